The minimum Gasteiger partial charge on any atom is -0.508 e. The first-order valence-electron chi connectivity index (χ1n) is 8.18. The fourth-order valence-electron chi connectivity index (χ4n) is 5.56. The summed E-state index contributed by atoms with van der Waals surface area (Å²) in [4.78, 5) is 0. The molecule has 0 aliphatic heterocycles. The number of rotatable bonds is 0. The molecule has 3 aliphatic rings. The van der Waals surface area contributed by atoms with Crippen molar-refractivity contribution in [3.8, 4) is 5.75 Å². The lowest BCUT2D eigenvalue weighted by Crippen LogP contribution is -2.49. The highest BCUT2D eigenvalue weighted by molar-refractivity contribution is 5.41. The Bertz CT molecular complexity index is 570. The van der Waals surface area contributed by atoms with Gasteiger partial charge >= 0.3 is 0 Å². The lowest BCUT2D eigenvalue weighted by molar-refractivity contribution is -0.0627. The number of benzene rings is 1. The molecule has 3 N–H and O–H groups in total. The summed E-state index contributed by atoms with van der Waals surface area (Å²) in [5.74, 6) is 1.35. The molecule has 2 fully saturated rings. The maximum atomic E-state index is 10.7. The Balaban J connectivity index is 1.76. The van der Waals surface area contributed by atoms with E-state index in [1.807, 2.05) is 12.1 Å². The van der Waals surface area contributed by atoms with Gasteiger partial charge < -0.3 is 15.3 Å². The molecule has 1 aromatic carbocycles. The van der Waals surface area contributed by atoms with Crippen LogP contribution in [0.3, 0.4) is 0 Å². The van der Waals surface area contributed by atoms with E-state index in [1.54, 1.807) is 6.07 Å². The number of phenolic OH excluding ortho intramolecular Hbond substituents is 1. The Kier molecular flexibility index (Phi) is 2.89. The molecule has 1 unspecified atom stereocenters. The Hall–Kier alpha value is -1.06. The van der Waals surface area contributed by atoms with Crippen LogP contribution in [0, 0.1) is 17.3 Å². The van der Waals surface area contributed by atoms with Gasteiger partial charge in [-0.1, -0.05) is 13.0 Å². The zero-order chi connectivity index (χ0) is 14.8. The van der Waals surface area contributed by atoms with Crippen molar-refractivity contribution in [2.45, 2.75) is 57.2 Å². The molecule has 114 valence electrons. The van der Waals surface area contributed by atoms with E-state index in [0.29, 0.717) is 18.3 Å². The van der Waals surface area contributed by atoms with Gasteiger partial charge in [-0.15, -0.1) is 0 Å². The average Bonchev–Trinajstić information content (AvgIpc) is 2.74. The first-order chi connectivity index (χ1) is 10.0. The van der Waals surface area contributed by atoms with Gasteiger partial charge in [0.05, 0.1) is 12.2 Å². The number of phenols is 1. The molecule has 0 spiro atoms. The summed E-state index contributed by atoms with van der Waals surface area (Å²) in [6.45, 7) is 2.21. The molecule has 0 bridgehead atoms. The predicted octanol–water partition coefficient (Wildman–Crippen LogP) is 2.58. The normalized spacial score (nSPS) is 44.8. The first-order valence-corrected chi connectivity index (χ1v) is 8.18. The second-order valence-electron chi connectivity index (χ2n) is 7.58. The summed E-state index contributed by atoms with van der Waals surface area (Å²) in [5.41, 5.74) is 2.40. The molecule has 3 heteroatoms. The van der Waals surface area contributed by atoms with Crippen LogP contribution in [-0.4, -0.2) is 27.5 Å². The van der Waals surface area contributed by atoms with Crippen LogP contribution in [0.5, 0.6) is 5.75 Å². The molecule has 3 nitrogen and oxygen atoms in total. The summed E-state index contributed by atoms with van der Waals surface area (Å²) in [5, 5.41) is 30.8. The maximum absolute atomic E-state index is 10.7. The largest absolute Gasteiger partial charge is 0.508 e. The fourth-order valence-corrected chi connectivity index (χ4v) is 5.56. The lowest BCUT2D eigenvalue weighted by atomic mass is 9.54. The molecular formula is C18H24O3. The zero-order valence-electron chi connectivity index (χ0n) is 12.5. The Morgan fingerprint density at radius 3 is 2.76 bits per heavy atom. The number of aromatic hydroxyl groups is 1. The van der Waals surface area contributed by atoms with Crippen molar-refractivity contribution in [2.24, 2.45) is 17.3 Å². The van der Waals surface area contributed by atoms with Crippen LogP contribution in [-0.2, 0) is 6.42 Å². The van der Waals surface area contributed by atoms with Crippen LogP contribution in [0.2, 0.25) is 0 Å². The van der Waals surface area contributed by atoms with E-state index in [9.17, 15) is 15.3 Å². The highest BCUT2D eigenvalue weighted by atomic mass is 16.3. The summed E-state index contributed by atoms with van der Waals surface area (Å²) >= 11 is 0. The number of aliphatic hydroxyl groups is 2. The van der Waals surface area contributed by atoms with E-state index >= 15 is 0 Å². The summed E-state index contributed by atoms with van der Waals surface area (Å²) in [6, 6.07) is 5.62. The van der Waals surface area contributed by atoms with Gasteiger partial charge in [-0.2, -0.15) is 0 Å². The van der Waals surface area contributed by atoms with Crippen LogP contribution in [0.15, 0.2) is 18.2 Å². The van der Waals surface area contributed by atoms with E-state index in [4.69, 9.17) is 0 Å². The Labute approximate surface area is 125 Å². The first kappa shape index (κ1) is 13.6. The smallest absolute Gasteiger partial charge is 0.115 e. The molecule has 0 heterocycles. The van der Waals surface area contributed by atoms with Gasteiger partial charge in [0.2, 0.25) is 0 Å². The third kappa shape index (κ3) is 1.80. The standard InChI is InChI=1S/C18H24O3/c1-18-7-6-13-12-3-2-11(19)8-10(12)9-15(20)17(13)14(18)4-5-16(18)21/h2-3,8,13-17,19-21H,4-7,9H2,1H3/t13-,14+,15?,16+,17-,18+/m1/s1. The molecule has 0 saturated heterocycles. The van der Waals surface area contributed by atoms with Gasteiger partial charge in [-0.25, -0.2) is 0 Å². The zero-order valence-corrected chi connectivity index (χ0v) is 12.5. The highest BCUT2D eigenvalue weighted by Gasteiger charge is 2.56. The Morgan fingerprint density at radius 1 is 1.14 bits per heavy atom. The molecule has 0 radical (unpaired) electrons. The molecule has 0 amide bonds. The van der Waals surface area contributed by atoms with E-state index in [0.717, 1.165) is 31.2 Å². The maximum Gasteiger partial charge on any atom is 0.115 e. The van der Waals surface area contributed by atoms with Gasteiger partial charge in [-0.3, -0.25) is 0 Å². The SMILES string of the molecule is C[C@]12CC[C@@H]3c4ccc(O)cc4CC(O)[C@H]3[C@@H]1CC[C@@H]2O. The number of hydrogen-bond acceptors (Lipinski definition) is 3. The van der Waals surface area contributed by atoms with Gasteiger partial charge in [0.15, 0.2) is 0 Å². The van der Waals surface area contributed by atoms with Gasteiger partial charge in [-0.05, 0) is 78.5 Å². The van der Waals surface area contributed by atoms with Gasteiger partial charge in [0.1, 0.15) is 5.75 Å². The van der Waals surface area contributed by atoms with E-state index in [-0.39, 0.29) is 29.3 Å². The number of aliphatic hydroxyl groups excluding tert-OH is 2. The van der Waals surface area contributed by atoms with Gasteiger partial charge in [0, 0.05) is 0 Å². The summed E-state index contributed by atoms with van der Waals surface area (Å²) in [6.07, 6.45) is 4.05. The second kappa shape index (κ2) is 4.47. The van der Waals surface area contributed by atoms with Gasteiger partial charge in [0.25, 0.3) is 0 Å². The monoisotopic (exact) mass is 288 g/mol. The van der Waals surface area contributed by atoms with Crippen LogP contribution in [0.1, 0.15) is 49.7 Å². The van der Waals surface area contributed by atoms with Crippen LogP contribution in [0.25, 0.3) is 0 Å². The van der Waals surface area contributed by atoms with Crippen molar-refractivity contribution < 1.29 is 15.3 Å². The Morgan fingerprint density at radius 2 is 1.95 bits per heavy atom. The molecule has 6 atom stereocenters. The van der Waals surface area contributed by atoms with Crippen LogP contribution < -0.4 is 0 Å². The number of fused-ring (bicyclic) bond motifs is 5. The van der Waals surface area contributed by atoms with Crippen LogP contribution >= 0.6 is 0 Å². The molecular weight excluding hydrogens is 264 g/mol. The fraction of sp³-hybridized carbons (Fsp3) is 0.667. The third-order valence-electron chi connectivity index (χ3n) is 6.68. The average molecular weight is 288 g/mol. The minimum atomic E-state index is -0.348. The van der Waals surface area contributed by atoms with Crippen molar-refractivity contribution in [1.29, 1.82) is 0 Å². The molecule has 0 aromatic heterocycles. The van der Waals surface area contributed by atoms with Crippen molar-refractivity contribution in [3.63, 3.8) is 0 Å². The molecule has 4 rings (SSSR count). The summed E-state index contributed by atoms with van der Waals surface area (Å²) < 4.78 is 0. The van der Waals surface area contributed by atoms with E-state index < -0.39 is 0 Å². The van der Waals surface area contributed by atoms with Crippen molar-refractivity contribution in [1.82, 2.24) is 0 Å². The second-order valence-corrected chi connectivity index (χ2v) is 7.58. The third-order valence-corrected chi connectivity index (χ3v) is 6.68. The molecule has 21 heavy (non-hydrogen) atoms. The summed E-state index contributed by atoms with van der Waals surface area (Å²) in [7, 11) is 0. The highest BCUT2D eigenvalue weighted by Crippen LogP contribution is 2.60. The predicted molar refractivity (Wildman–Crippen MR) is 80.1 cm³/mol. The lowest BCUT2D eigenvalue weighted by Gasteiger charge is -2.51. The number of hydrogen-bond donors (Lipinski definition) is 3. The van der Waals surface area contributed by atoms with Crippen LogP contribution in [0.4, 0.5) is 0 Å². The van der Waals surface area contributed by atoms with Crippen molar-refractivity contribution in [3.05, 3.63) is 29.3 Å². The molecule has 3 aliphatic carbocycles. The molecule has 2 saturated carbocycles. The van der Waals surface area contributed by atoms with Crippen molar-refractivity contribution in [2.75, 3.05) is 0 Å². The quantitative estimate of drug-likeness (QED) is 0.687. The minimum absolute atomic E-state index is 0.0173. The molecule has 1 aromatic rings. The van der Waals surface area contributed by atoms with E-state index in [1.165, 1.54) is 5.56 Å². The topological polar surface area (TPSA) is 60.7 Å². The van der Waals surface area contributed by atoms with E-state index in [2.05, 4.69) is 6.92 Å². The van der Waals surface area contributed by atoms with Crippen molar-refractivity contribution >= 4 is 0 Å².